The number of anilines is 2. The van der Waals surface area contributed by atoms with E-state index in [0.717, 1.165) is 23.2 Å². The van der Waals surface area contributed by atoms with Gasteiger partial charge in [0.05, 0.1) is 16.6 Å². The van der Waals surface area contributed by atoms with Gasteiger partial charge in [0, 0.05) is 31.4 Å². The number of urea groups is 1. The molecule has 2 heterocycles. The molecule has 10 heteroatoms. The zero-order valence-electron chi connectivity index (χ0n) is 18.0. The number of fused-ring (bicyclic) bond motifs is 1. The summed E-state index contributed by atoms with van der Waals surface area (Å²) < 4.78 is 40.3. The van der Waals surface area contributed by atoms with Crippen LogP contribution in [0.2, 0.25) is 0 Å². The van der Waals surface area contributed by atoms with E-state index in [4.69, 9.17) is 0 Å². The lowest BCUT2D eigenvalue weighted by Gasteiger charge is -2.33. The van der Waals surface area contributed by atoms with E-state index in [0.29, 0.717) is 38.3 Å². The van der Waals surface area contributed by atoms with Gasteiger partial charge in [-0.2, -0.15) is 13.2 Å². The molecule has 0 spiro atoms. The van der Waals surface area contributed by atoms with Gasteiger partial charge in [0.2, 0.25) is 0 Å². The molecule has 1 fully saturated rings. The van der Waals surface area contributed by atoms with Gasteiger partial charge >= 0.3 is 12.2 Å². The van der Waals surface area contributed by atoms with Crippen LogP contribution in [0.5, 0.6) is 0 Å². The Kier molecular flexibility index (Phi) is 6.26. The van der Waals surface area contributed by atoms with Crippen molar-refractivity contribution in [3.63, 3.8) is 0 Å². The molecule has 0 aliphatic carbocycles. The Morgan fingerprint density at radius 3 is 2.55 bits per heavy atom. The number of aryl methyl sites for hydroxylation is 1. The standard InChI is InChI=1S/C23H24F3N5O2/c1-2-31-19-9-4-3-8-18(19)29-20(21(31)32)30-12-10-16(11-13-30)27-22(33)28-17-7-5-6-15(14-17)23(24,25)26/h3-9,14,16H,2,10-13H2,1H3,(H2,27,28,33). The number of alkyl halides is 3. The molecule has 0 saturated carbocycles. The Morgan fingerprint density at radius 2 is 1.85 bits per heavy atom. The number of carbonyl (C=O) groups excluding carboxylic acids is 1. The second-order valence-electron chi connectivity index (χ2n) is 7.91. The van der Waals surface area contributed by atoms with Crippen molar-refractivity contribution in [2.24, 2.45) is 0 Å². The average Bonchev–Trinajstić information content (AvgIpc) is 2.79. The van der Waals surface area contributed by atoms with Crippen molar-refractivity contribution in [1.29, 1.82) is 0 Å². The van der Waals surface area contributed by atoms with Crippen molar-refractivity contribution >= 4 is 28.6 Å². The summed E-state index contributed by atoms with van der Waals surface area (Å²) in [5, 5.41) is 5.26. The summed E-state index contributed by atoms with van der Waals surface area (Å²) in [6, 6.07) is 11.3. The summed E-state index contributed by atoms with van der Waals surface area (Å²) >= 11 is 0. The maximum atomic E-state index is 13.0. The number of hydrogen-bond donors (Lipinski definition) is 2. The number of hydrogen-bond acceptors (Lipinski definition) is 4. The highest BCUT2D eigenvalue weighted by atomic mass is 19.4. The van der Waals surface area contributed by atoms with Crippen LogP contribution in [-0.4, -0.2) is 34.7 Å². The molecule has 3 aromatic rings. The fourth-order valence-electron chi connectivity index (χ4n) is 4.06. The number of nitrogens with zero attached hydrogens (tertiary/aromatic N) is 3. The average molecular weight is 459 g/mol. The van der Waals surface area contributed by atoms with Crippen molar-refractivity contribution in [3.8, 4) is 0 Å². The van der Waals surface area contributed by atoms with Crippen molar-refractivity contribution in [1.82, 2.24) is 14.9 Å². The highest BCUT2D eigenvalue weighted by Gasteiger charge is 2.30. The molecular formula is C23H24F3N5O2. The minimum atomic E-state index is -4.48. The van der Waals surface area contributed by atoms with E-state index in [1.165, 1.54) is 12.1 Å². The number of para-hydroxylation sites is 2. The third kappa shape index (κ3) is 4.94. The molecule has 1 aromatic heterocycles. The Balaban J connectivity index is 1.39. The first-order valence-corrected chi connectivity index (χ1v) is 10.8. The van der Waals surface area contributed by atoms with Gasteiger partial charge in [-0.05, 0) is 50.1 Å². The number of aromatic nitrogens is 2. The third-order valence-electron chi connectivity index (χ3n) is 5.73. The minimum Gasteiger partial charge on any atom is -0.352 e. The molecule has 2 N–H and O–H groups in total. The van der Waals surface area contributed by atoms with Crippen LogP contribution < -0.4 is 21.1 Å². The van der Waals surface area contributed by atoms with Gasteiger partial charge in [-0.1, -0.05) is 18.2 Å². The van der Waals surface area contributed by atoms with E-state index in [1.54, 1.807) is 4.57 Å². The number of benzene rings is 2. The zero-order chi connectivity index (χ0) is 23.6. The van der Waals surface area contributed by atoms with Crippen LogP contribution in [-0.2, 0) is 12.7 Å². The summed E-state index contributed by atoms with van der Waals surface area (Å²) in [5.41, 5.74) is 0.630. The molecule has 1 aliphatic rings. The number of carbonyl (C=O) groups is 1. The van der Waals surface area contributed by atoms with Crippen molar-refractivity contribution < 1.29 is 18.0 Å². The molecule has 7 nitrogen and oxygen atoms in total. The van der Waals surface area contributed by atoms with Gasteiger partial charge in [-0.15, -0.1) is 0 Å². The molecule has 0 unspecified atom stereocenters. The molecule has 2 amide bonds. The van der Waals surface area contributed by atoms with Gasteiger partial charge in [-0.25, -0.2) is 9.78 Å². The summed E-state index contributed by atoms with van der Waals surface area (Å²) in [7, 11) is 0. The molecule has 1 saturated heterocycles. The fraction of sp³-hybridized carbons (Fsp3) is 0.348. The van der Waals surface area contributed by atoms with Gasteiger partial charge in [0.1, 0.15) is 0 Å². The maximum Gasteiger partial charge on any atom is 0.416 e. The third-order valence-corrected chi connectivity index (χ3v) is 5.73. The van der Waals surface area contributed by atoms with Crippen LogP contribution in [0.25, 0.3) is 11.0 Å². The van der Waals surface area contributed by atoms with Crippen LogP contribution in [0.3, 0.4) is 0 Å². The number of nitrogens with one attached hydrogen (secondary N) is 2. The number of halogens is 3. The molecule has 1 aliphatic heterocycles. The van der Waals surface area contributed by atoms with Crippen LogP contribution >= 0.6 is 0 Å². The summed E-state index contributed by atoms with van der Waals surface area (Å²) in [6.45, 7) is 3.50. The maximum absolute atomic E-state index is 13.0. The van der Waals surface area contributed by atoms with E-state index < -0.39 is 17.8 Å². The molecule has 0 bridgehead atoms. The van der Waals surface area contributed by atoms with Gasteiger partial charge in [0.15, 0.2) is 5.82 Å². The van der Waals surface area contributed by atoms with E-state index >= 15 is 0 Å². The monoisotopic (exact) mass is 459 g/mol. The SMILES string of the molecule is CCn1c(=O)c(N2CCC(NC(=O)Nc3cccc(C(F)(F)F)c3)CC2)nc2ccccc21. The van der Waals surface area contributed by atoms with Crippen LogP contribution in [0, 0.1) is 0 Å². The van der Waals surface area contributed by atoms with Crippen LogP contribution in [0.15, 0.2) is 53.3 Å². The summed E-state index contributed by atoms with van der Waals surface area (Å²) in [4.78, 5) is 31.8. The van der Waals surface area contributed by atoms with E-state index in [9.17, 15) is 22.8 Å². The smallest absolute Gasteiger partial charge is 0.352 e. The predicted octanol–water partition coefficient (Wildman–Crippen LogP) is 4.23. The quantitative estimate of drug-likeness (QED) is 0.612. The van der Waals surface area contributed by atoms with E-state index in [-0.39, 0.29) is 17.3 Å². The van der Waals surface area contributed by atoms with Crippen LogP contribution in [0.1, 0.15) is 25.3 Å². The second kappa shape index (κ2) is 9.13. The lowest BCUT2D eigenvalue weighted by Crippen LogP contribution is -2.47. The van der Waals surface area contributed by atoms with E-state index in [1.807, 2.05) is 36.1 Å². The Labute approximate surface area is 188 Å². The lowest BCUT2D eigenvalue weighted by molar-refractivity contribution is -0.137. The highest BCUT2D eigenvalue weighted by Crippen LogP contribution is 2.30. The molecule has 4 rings (SSSR count). The molecule has 174 valence electrons. The minimum absolute atomic E-state index is 0.0697. The summed E-state index contributed by atoms with van der Waals surface area (Å²) in [6.07, 6.45) is -3.32. The van der Waals surface area contributed by atoms with Gasteiger partial charge in [-0.3, -0.25) is 4.79 Å². The number of amides is 2. The lowest BCUT2D eigenvalue weighted by atomic mass is 10.1. The highest BCUT2D eigenvalue weighted by molar-refractivity contribution is 5.89. The van der Waals surface area contributed by atoms with Crippen molar-refractivity contribution in [2.45, 2.75) is 38.5 Å². The summed E-state index contributed by atoms with van der Waals surface area (Å²) in [5.74, 6) is 0.391. The second-order valence-corrected chi connectivity index (χ2v) is 7.91. The number of piperidine rings is 1. The van der Waals surface area contributed by atoms with Crippen molar-refractivity contribution in [2.75, 3.05) is 23.3 Å². The normalized spacial score (nSPS) is 15.0. The molecule has 0 radical (unpaired) electrons. The van der Waals surface area contributed by atoms with Gasteiger partial charge in [0.25, 0.3) is 5.56 Å². The first kappa shape index (κ1) is 22.6. The van der Waals surface area contributed by atoms with Crippen LogP contribution in [0.4, 0.5) is 29.5 Å². The number of rotatable bonds is 4. The molecule has 33 heavy (non-hydrogen) atoms. The van der Waals surface area contributed by atoms with Crippen molar-refractivity contribution in [3.05, 3.63) is 64.4 Å². The van der Waals surface area contributed by atoms with E-state index in [2.05, 4.69) is 15.6 Å². The molecule has 0 atom stereocenters. The Bertz CT molecular complexity index is 1220. The zero-order valence-corrected chi connectivity index (χ0v) is 18.0. The fourth-order valence-corrected chi connectivity index (χ4v) is 4.06. The Morgan fingerprint density at radius 1 is 1.12 bits per heavy atom. The first-order valence-electron chi connectivity index (χ1n) is 10.8. The Hall–Kier alpha value is -3.56. The van der Waals surface area contributed by atoms with Gasteiger partial charge < -0.3 is 20.1 Å². The molecule has 2 aromatic carbocycles. The topological polar surface area (TPSA) is 79.3 Å². The predicted molar refractivity (Wildman–Crippen MR) is 121 cm³/mol. The first-order chi connectivity index (χ1) is 15.8. The largest absolute Gasteiger partial charge is 0.416 e. The molecular weight excluding hydrogens is 435 g/mol.